The lowest BCUT2D eigenvalue weighted by molar-refractivity contribution is -0.122. The quantitative estimate of drug-likeness (QED) is 0.390. The van der Waals surface area contributed by atoms with Crippen LogP contribution in [0.1, 0.15) is 36.0 Å². The highest BCUT2D eigenvalue weighted by molar-refractivity contribution is 8.26. The number of rotatable bonds is 6. The van der Waals surface area contributed by atoms with Crippen LogP contribution in [0.15, 0.2) is 58.1 Å². The number of aryl methyl sites for hydroxylation is 2. The summed E-state index contributed by atoms with van der Waals surface area (Å²) in [5.41, 5.74) is 4.95. The maximum Gasteiger partial charge on any atom is 0.266 e. The molecular formula is C25H22N4O3S2. The third-order valence-corrected chi connectivity index (χ3v) is 7.28. The molecule has 1 aromatic heterocycles. The van der Waals surface area contributed by atoms with Crippen molar-refractivity contribution in [2.24, 2.45) is 0 Å². The maximum atomic E-state index is 12.8. The number of hydrogen-bond donors (Lipinski definition) is 1. The second-order valence-corrected chi connectivity index (χ2v) is 9.87. The zero-order valence-corrected chi connectivity index (χ0v) is 20.0. The number of hydrogen-bond acceptors (Lipinski definition) is 7. The van der Waals surface area contributed by atoms with Crippen molar-refractivity contribution in [3.05, 3.63) is 70.1 Å². The maximum absolute atomic E-state index is 12.8. The minimum absolute atomic E-state index is 0.0710. The number of thiocarbonyl (C=S) groups is 1. The van der Waals surface area contributed by atoms with E-state index in [0.29, 0.717) is 14.9 Å². The number of amides is 2. The molecule has 0 spiro atoms. The highest BCUT2D eigenvalue weighted by Crippen LogP contribution is 2.33. The molecule has 34 heavy (non-hydrogen) atoms. The molecule has 1 fully saturated rings. The number of nitrogens with zero attached hydrogens (tertiary/aromatic N) is 3. The number of carbonyl (C=O) groups excluding carboxylic acids is 2. The van der Waals surface area contributed by atoms with Gasteiger partial charge in [0, 0.05) is 18.5 Å². The van der Waals surface area contributed by atoms with Crippen LogP contribution in [-0.4, -0.2) is 37.9 Å². The molecule has 5 rings (SSSR count). The summed E-state index contributed by atoms with van der Waals surface area (Å²) in [6, 6.07) is 15.8. The van der Waals surface area contributed by atoms with Crippen LogP contribution < -0.4 is 5.32 Å². The summed E-state index contributed by atoms with van der Waals surface area (Å²) in [6.45, 7) is 0.183. The van der Waals surface area contributed by atoms with E-state index in [2.05, 4.69) is 27.8 Å². The van der Waals surface area contributed by atoms with Crippen molar-refractivity contribution in [2.75, 3.05) is 11.9 Å². The highest BCUT2D eigenvalue weighted by atomic mass is 32.2. The summed E-state index contributed by atoms with van der Waals surface area (Å²) in [4.78, 5) is 27.4. The first-order valence-corrected chi connectivity index (χ1v) is 12.4. The van der Waals surface area contributed by atoms with Crippen molar-refractivity contribution in [1.82, 2.24) is 15.2 Å². The molecule has 7 nitrogen and oxygen atoms in total. The Labute approximate surface area is 206 Å². The molecule has 172 valence electrons. The van der Waals surface area contributed by atoms with Gasteiger partial charge in [-0.3, -0.25) is 14.5 Å². The van der Waals surface area contributed by atoms with Crippen LogP contribution >= 0.6 is 24.0 Å². The number of anilines is 1. The van der Waals surface area contributed by atoms with Gasteiger partial charge in [0.1, 0.15) is 4.32 Å². The summed E-state index contributed by atoms with van der Waals surface area (Å²) in [7, 11) is 0. The van der Waals surface area contributed by atoms with Gasteiger partial charge in [0.05, 0.1) is 4.91 Å². The van der Waals surface area contributed by atoms with E-state index in [4.69, 9.17) is 16.8 Å². The van der Waals surface area contributed by atoms with Gasteiger partial charge in [0.15, 0.2) is 5.69 Å². The third-order valence-electron chi connectivity index (χ3n) is 5.90. The van der Waals surface area contributed by atoms with Gasteiger partial charge in [-0.15, -0.1) is 0 Å². The van der Waals surface area contributed by atoms with Gasteiger partial charge in [-0.2, -0.15) is 0 Å². The zero-order chi connectivity index (χ0) is 23.5. The average Bonchev–Trinajstić information content (AvgIpc) is 3.42. The van der Waals surface area contributed by atoms with Crippen molar-refractivity contribution < 1.29 is 14.2 Å². The second kappa shape index (κ2) is 9.90. The Hall–Kier alpha value is -3.30. The summed E-state index contributed by atoms with van der Waals surface area (Å²) >= 11 is 6.61. The Morgan fingerprint density at radius 3 is 2.74 bits per heavy atom. The molecule has 1 aliphatic heterocycles. The lowest BCUT2D eigenvalue weighted by Gasteiger charge is -2.16. The fourth-order valence-corrected chi connectivity index (χ4v) is 5.45. The SMILES string of the molecule is O=C(CCN1C(=O)/C(=C/c2ccccc2)SC1=S)Nc1nonc1-c1ccc2c(c1)CCCC2. The van der Waals surface area contributed by atoms with E-state index in [9.17, 15) is 9.59 Å². The number of benzene rings is 2. The van der Waals surface area contributed by atoms with Gasteiger partial charge in [0.25, 0.3) is 5.91 Å². The zero-order valence-electron chi connectivity index (χ0n) is 18.3. The number of thioether (sulfide) groups is 1. The van der Waals surface area contributed by atoms with Gasteiger partial charge in [0.2, 0.25) is 11.7 Å². The van der Waals surface area contributed by atoms with E-state index >= 15 is 0 Å². The standard InChI is InChI=1S/C25H22N4O3S2/c30-21(12-13-29-24(31)20(34-25(29)33)14-16-6-2-1-3-7-16)26-23-22(27-32-28-23)19-11-10-17-8-4-5-9-18(17)15-19/h1-3,6-7,10-11,14-15H,4-5,8-9,12-13H2,(H,26,28,30)/b20-14-. The van der Waals surface area contributed by atoms with E-state index in [-0.39, 0.29) is 30.6 Å². The summed E-state index contributed by atoms with van der Waals surface area (Å²) in [6.07, 6.45) is 6.40. The summed E-state index contributed by atoms with van der Waals surface area (Å²) in [5.74, 6) is -0.212. The monoisotopic (exact) mass is 490 g/mol. The Kier molecular flexibility index (Phi) is 6.55. The molecular weight excluding hydrogens is 468 g/mol. The molecule has 3 aromatic rings. The van der Waals surface area contributed by atoms with Gasteiger partial charge in [-0.25, -0.2) is 4.63 Å². The Morgan fingerprint density at radius 2 is 1.91 bits per heavy atom. The van der Waals surface area contributed by atoms with Crippen molar-refractivity contribution in [3.63, 3.8) is 0 Å². The van der Waals surface area contributed by atoms with Crippen molar-refractivity contribution in [2.45, 2.75) is 32.1 Å². The van der Waals surface area contributed by atoms with Gasteiger partial charge in [-0.1, -0.05) is 66.4 Å². The molecule has 1 saturated heterocycles. The van der Waals surface area contributed by atoms with E-state index in [1.54, 1.807) is 0 Å². The lowest BCUT2D eigenvalue weighted by atomic mass is 9.90. The molecule has 2 amide bonds. The lowest BCUT2D eigenvalue weighted by Crippen LogP contribution is -2.31. The predicted molar refractivity (Wildman–Crippen MR) is 136 cm³/mol. The predicted octanol–water partition coefficient (Wildman–Crippen LogP) is 4.85. The van der Waals surface area contributed by atoms with E-state index in [1.807, 2.05) is 42.5 Å². The molecule has 0 radical (unpaired) electrons. The van der Waals surface area contributed by atoms with Crippen LogP contribution in [0.25, 0.3) is 17.3 Å². The number of nitrogens with one attached hydrogen (secondary N) is 1. The first-order chi connectivity index (χ1) is 16.6. The minimum atomic E-state index is -0.295. The molecule has 2 heterocycles. The van der Waals surface area contributed by atoms with Crippen LogP contribution in [0, 0.1) is 0 Å². The Morgan fingerprint density at radius 1 is 1.12 bits per heavy atom. The fourth-order valence-electron chi connectivity index (χ4n) is 4.14. The van der Waals surface area contributed by atoms with Crippen molar-refractivity contribution in [1.29, 1.82) is 0 Å². The average molecular weight is 491 g/mol. The first kappa shape index (κ1) is 22.5. The summed E-state index contributed by atoms with van der Waals surface area (Å²) in [5, 5.41) is 10.6. The highest BCUT2D eigenvalue weighted by Gasteiger charge is 2.32. The number of aromatic nitrogens is 2. The van der Waals surface area contributed by atoms with Gasteiger partial charge < -0.3 is 5.32 Å². The normalized spacial score (nSPS) is 16.7. The van der Waals surface area contributed by atoms with Crippen LogP contribution in [0.5, 0.6) is 0 Å². The number of carbonyl (C=O) groups is 2. The molecule has 0 saturated carbocycles. The fraction of sp³-hybridized carbons (Fsp3) is 0.240. The molecule has 0 bridgehead atoms. The molecule has 0 atom stereocenters. The van der Waals surface area contributed by atoms with E-state index < -0.39 is 0 Å². The molecule has 9 heteroatoms. The third kappa shape index (κ3) is 4.80. The number of fused-ring (bicyclic) bond motifs is 1. The van der Waals surface area contributed by atoms with Crippen LogP contribution in [0.4, 0.5) is 5.82 Å². The van der Waals surface area contributed by atoms with E-state index in [0.717, 1.165) is 24.0 Å². The smallest absolute Gasteiger partial charge is 0.266 e. The van der Waals surface area contributed by atoms with E-state index in [1.165, 1.54) is 40.6 Å². The first-order valence-electron chi connectivity index (χ1n) is 11.1. The largest absolute Gasteiger partial charge is 0.306 e. The summed E-state index contributed by atoms with van der Waals surface area (Å²) < 4.78 is 5.36. The second-order valence-electron chi connectivity index (χ2n) is 8.19. The molecule has 0 unspecified atom stereocenters. The van der Waals surface area contributed by atoms with Crippen molar-refractivity contribution >= 4 is 52.0 Å². The topological polar surface area (TPSA) is 88.3 Å². The van der Waals surface area contributed by atoms with Crippen molar-refractivity contribution in [3.8, 4) is 11.3 Å². The van der Waals surface area contributed by atoms with Crippen LogP contribution in [0.3, 0.4) is 0 Å². The molecule has 1 aliphatic carbocycles. The van der Waals surface area contributed by atoms with Crippen LogP contribution in [0.2, 0.25) is 0 Å². The minimum Gasteiger partial charge on any atom is -0.306 e. The molecule has 2 aromatic carbocycles. The van der Waals surface area contributed by atoms with Gasteiger partial charge >= 0.3 is 0 Å². The molecule has 2 aliphatic rings. The van der Waals surface area contributed by atoms with Crippen LogP contribution in [-0.2, 0) is 22.4 Å². The Balaban J connectivity index is 1.22. The Bertz CT molecular complexity index is 1290. The molecule has 1 N–H and O–H groups in total. The van der Waals surface area contributed by atoms with Gasteiger partial charge in [-0.05, 0) is 64.8 Å².